The highest BCUT2D eigenvalue weighted by Crippen LogP contribution is 2.29. The second kappa shape index (κ2) is 7.21. The van der Waals surface area contributed by atoms with E-state index in [0.717, 1.165) is 36.3 Å². The molecule has 0 atom stereocenters. The lowest BCUT2D eigenvalue weighted by molar-refractivity contribution is -0.503. The number of hydrogen-bond acceptors (Lipinski definition) is 3. The average Bonchev–Trinajstić information content (AvgIpc) is 3.21. The lowest BCUT2D eigenvalue weighted by Gasteiger charge is -2.20. The van der Waals surface area contributed by atoms with Gasteiger partial charge in [0.2, 0.25) is 0 Å². The summed E-state index contributed by atoms with van der Waals surface area (Å²) in [4.78, 5) is 7.95. The Morgan fingerprint density at radius 2 is 1.83 bits per heavy atom. The number of thioether (sulfide) groups is 1. The number of rotatable bonds is 4. The van der Waals surface area contributed by atoms with E-state index in [-0.39, 0.29) is 0 Å². The molecule has 0 aromatic heterocycles. The quantitative estimate of drug-likeness (QED) is 0.863. The highest BCUT2D eigenvalue weighted by molar-refractivity contribution is 8.18. The first-order chi connectivity index (χ1) is 11.2. The number of nitrogens with two attached hydrogens (primary N) is 1. The van der Waals surface area contributed by atoms with Gasteiger partial charge >= 0.3 is 5.17 Å². The highest BCUT2D eigenvalue weighted by Gasteiger charge is 2.30. The van der Waals surface area contributed by atoms with E-state index < -0.39 is 0 Å². The Hall–Kier alpha value is -1.75. The minimum atomic E-state index is 0.643. The molecule has 0 saturated carbocycles. The van der Waals surface area contributed by atoms with Crippen molar-refractivity contribution in [2.75, 3.05) is 31.1 Å². The Kier molecular flexibility index (Phi) is 5.06. The maximum Gasteiger partial charge on any atom is 0.362 e. The number of aliphatic imine (C=N–C) groups is 1. The average molecular weight is 329 g/mol. The predicted molar refractivity (Wildman–Crippen MR) is 101 cm³/mol. The number of benzene rings is 1. The van der Waals surface area contributed by atoms with Gasteiger partial charge in [-0.2, -0.15) is 0 Å². The Morgan fingerprint density at radius 1 is 1.17 bits per heavy atom. The fraction of sp³-hybridized carbons (Fsp3) is 0.444. The Morgan fingerprint density at radius 3 is 2.43 bits per heavy atom. The monoisotopic (exact) mass is 329 g/mol. The van der Waals surface area contributed by atoms with Crippen LogP contribution < -0.4 is 10.6 Å². The van der Waals surface area contributed by atoms with Crippen LogP contribution in [-0.2, 0) is 0 Å². The van der Waals surface area contributed by atoms with Gasteiger partial charge in [0, 0.05) is 30.5 Å². The molecule has 1 aromatic rings. The number of nitrogens with zero attached hydrogens (tertiary/aromatic N) is 3. The first kappa shape index (κ1) is 16.1. The van der Waals surface area contributed by atoms with Crippen LogP contribution in [0, 0.1) is 0 Å². The van der Waals surface area contributed by atoms with E-state index in [0.29, 0.717) is 5.84 Å². The molecule has 0 radical (unpaired) electrons. The third-order valence-electron chi connectivity index (χ3n) is 4.37. The third-order valence-corrected chi connectivity index (χ3v) is 5.44. The molecular formula is C18H25N4S+. The molecule has 5 heteroatoms. The second-order valence-electron chi connectivity index (χ2n) is 5.85. The van der Waals surface area contributed by atoms with Crippen molar-refractivity contribution in [3.8, 4) is 0 Å². The van der Waals surface area contributed by atoms with Crippen molar-refractivity contribution in [2.45, 2.75) is 26.7 Å². The molecular weight excluding hydrogens is 304 g/mol. The summed E-state index contributed by atoms with van der Waals surface area (Å²) in [7, 11) is 0. The van der Waals surface area contributed by atoms with Crippen LogP contribution in [0.25, 0.3) is 6.08 Å². The summed E-state index contributed by atoms with van der Waals surface area (Å²) in [5.41, 5.74) is 8.55. The summed E-state index contributed by atoms with van der Waals surface area (Å²) in [6, 6.07) is 8.67. The third kappa shape index (κ3) is 3.61. The zero-order chi connectivity index (χ0) is 16.2. The van der Waals surface area contributed by atoms with Gasteiger partial charge in [-0.1, -0.05) is 12.1 Å². The largest absolute Gasteiger partial charge is 0.372 e. The molecule has 0 amide bonds. The SMILES string of the molecule is CCN(CC)c1ccc(/C=C2\SC(=[N+]3CCCC3)N=C2N)cc1. The van der Waals surface area contributed by atoms with E-state index in [9.17, 15) is 0 Å². The van der Waals surface area contributed by atoms with E-state index in [1.54, 1.807) is 11.8 Å². The van der Waals surface area contributed by atoms with Crippen LogP contribution in [0.1, 0.15) is 32.3 Å². The molecule has 1 saturated heterocycles. The van der Waals surface area contributed by atoms with Gasteiger partial charge < -0.3 is 10.6 Å². The Bertz CT molecular complexity index is 646. The summed E-state index contributed by atoms with van der Waals surface area (Å²) >= 11 is 1.69. The van der Waals surface area contributed by atoms with E-state index in [1.165, 1.54) is 24.1 Å². The molecule has 2 aliphatic rings. The molecule has 3 rings (SSSR count). The van der Waals surface area contributed by atoms with Crippen molar-refractivity contribution in [3.05, 3.63) is 34.7 Å². The van der Waals surface area contributed by atoms with E-state index >= 15 is 0 Å². The standard InChI is InChI=1S/C18H24N4S/c1-3-21(4-2)15-9-7-14(8-10-15)13-16-17(19)20-18(23-16)22-11-5-6-12-22/h7-10,13,19H,3-6,11-12H2,1-2H3/p+1/b16-13-. The molecule has 0 unspecified atom stereocenters. The van der Waals surface area contributed by atoms with Crippen LogP contribution in [0.5, 0.6) is 0 Å². The zero-order valence-corrected chi connectivity index (χ0v) is 14.8. The van der Waals surface area contributed by atoms with E-state index in [2.05, 4.69) is 58.7 Å². The van der Waals surface area contributed by atoms with Gasteiger partial charge in [0.05, 0.1) is 18.0 Å². The van der Waals surface area contributed by atoms with E-state index in [4.69, 9.17) is 5.73 Å². The maximum absolute atomic E-state index is 6.11. The van der Waals surface area contributed by atoms with Gasteiger partial charge in [0.25, 0.3) is 5.84 Å². The normalized spacial score (nSPS) is 19.6. The lowest BCUT2D eigenvalue weighted by Crippen LogP contribution is -2.21. The molecule has 1 fully saturated rings. The summed E-state index contributed by atoms with van der Waals surface area (Å²) in [6.07, 6.45) is 4.65. The maximum atomic E-state index is 6.11. The van der Waals surface area contributed by atoms with Crippen LogP contribution >= 0.6 is 11.8 Å². The van der Waals surface area contributed by atoms with Crippen LogP contribution in [0.4, 0.5) is 5.69 Å². The predicted octanol–water partition coefficient (Wildman–Crippen LogP) is 3.14. The van der Waals surface area contributed by atoms with Crippen molar-refractivity contribution in [1.82, 2.24) is 0 Å². The smallest absolute Gasteiger partial charge is 0.362 e. The molecule has 2 aliphatic heterocycles. The molecule has 0 spiro atoms. The fourth-order valence-corrected chi connectivity index (χ4v) is 4.00. The van der Waals surface area contributed by atoms with Crippen molar-refractivity contribution < 1.29 is 4.58 Å². The summed E-state index contributed by atoms with van der Waals surface area (Å²) in [5, 5.41) is 1.06. The minimum absolute atomic E-state index is 0.643. The van der Waals surface area contributed by atoms with Crippen LogP contribution in [0.2, 0.25) is 0 Å². The van der Waals surface area contributed by atoms with Crippen molar-refractivity contribution >= 4 is 34.5 Å². The van der Waals surface area contributed by atoms with Gasteiger partial charge in [-0.05, 0) is 55.5 Å². The Labute approximate surface area is 142 Å². The lowest BCUT2D eigenvalue weighted by atomic mass is 10.1. The summed E-state index contributed by atoms with van der Waals surface area (Å²) in [5.74, 6) is 0.643. The molecule has 0 aliphatic carbocycles. The van der Waals surface area contributed by atoms with Crippen molar-refractivity contribution in [3.63, 3.8) is 0 Å². The van der Waals surface area contributed by atoms with Gasteiger partial charge in [-0.15, -0.1) is 0 Å². The number of amidine groups is 2. The topological polar surface area (TPSA) is 44.6 Å². The van der Waals surface area contributed by atoms with Crippen molar-refractivity contribution in [1.29, 1.82) is 0 Å². The van der Waals surface area contributed by atoms with Gasteiger partial charge in [-0.25, -0.2) is 0 Å². The summed E-state index contributed by atoms with van der Waals surface area (Å²) in [6.45, 7) is 8.62. The molecule has 23 heavy (non-hydrogen) atoms. The van der Waals surface area contributed by atoms with Crippen LogP contribution in [0.3, 0.4) is 0 Å². The number of hydrogen-bond donors (Lipinski definition) is 1. The molecule has 2 heterocycles. The molecule has 0 bridgehead atoms. The fourth-order valence-electron chi connectivity index (χ4n) is 3.00. The minimum Gasteiger partial charge on any atom is -0.372 e. The molecule has 1 aromatic carbocycles. The van der Waals surface area contributed by atoms with Gasteiger partial charge in [0.1, 0.15) is 0 Å². The Balaban J connectivity index is 1.77. The summed E-state index contributed by atoms with van der Waals surface area (Å²) < 4.78 is 2.34. The first-order valence-corrected chi connectivity index (χ1v) is 9.24. The van der Waals surface area contributed by atoms with Gasteiger partial charge in [0.15, 0.2) is 0 Å². The molecule has 4 nitrogen and oxygen atoms in total. The van der Waals surface area contributed by atoms with Crippen molar-refractivity contribution in [2.24, 2.45) is 10.7 Å². The zero-order valence-electron chi connectivity index (χ0n) is 14.0. The second-order valence-corrected chi connectivity index (χ2v) is 6.86. The molecule has 2 N–H and O–H groups in total. The van der Waals surface area contributed by atoms with E-state index in [1.807, 2.05) is 0 Å². The van der Waals surface area contributed by atoms with Gasteiger partial charge in [-0.3, -0.25) is 4.58 Å². The first-order valence-electron chi connectivity index (χ1n) is 8.42. The highest BCUT2D eigenvalue weighted by atomic mass is 32.2. The number of anilines is 1. The molecule has 122 valence electrons. The van der Waals surface area contributed by atoms with Crippen LogP contribution in [-0.4, -0.2) is 41.8 Å². The van der Waals surface area contributed by atoms with Crippen LogP contribution in [0.15, 0.2) is 34.2 Å².